The van der Waals surface area contributed by atoms with Gasteiger partial charge in [0.2, 0.25) is 5.91 Å². The van der Waals surface area contributed by atoms with E-state index in [1.807, 2.05) is 0 Å². The number of carbonyl (C=O) groups excluding carboxylic acids is 2. The Hall–Kier alpha value is -1.79. The van der Waals surface area contributed by atoms with Crippen LogP contribution in [0.15, 0.2) is 0 Å². The number of hydrogen-bond donors (Lipinski definition) is 2. The molecule has 0 saturated heterocycles. The topological polar surface area (TPSA) is 104 Å². The number of nitrogens with zero attached hydrogens (tertiary/aromatic N) is 2. The van der Waals surface area contributed by atoms with Crippen molar-refractivity contribution in [2.45, 2.75) is 13.8 Å². The number of hydrogen-bond acceptors (Lipinski definition) is 3. The maximum absolute atomic E-state index is 11.8. The Bertz CT molecular complexity index is 306. The fourth-order valence-electron chi connectivity index (χ4n) is 1.29. The van der Waals surface area contributed by atoms with Crippen LogP contribution < -0.4 is 5.73 Å². The normalized spacial score (nSPS) is 11.7. The zero-order valence-electron chi connectivity index (χ0n) is 10.3. The highest BCUT2D eigenvalue weighted by atomic mass is 16.4. The molecule has 0 aliphatic carbocycles. The van der Waals surface area contributed by atoms with Crippen LogP contribution in [-0.4, -0.2) is 59.5 Å². The Morgan fingerprint density at radius 1 is 1.35 bits per heavy atom. The molecule has 3 N–H and O–H groups in total. The predicted molar refractivity (Wildman–Crippen MR) is 61.3 cm³/mol. The van der Waals surface area contributed by atoms with Crippen molar-refractivity contribution in [2.75, 3.05) is 26.7 Å². The quantitative estimate of drug-likeness (QED) is 0.662. The Morgan fingerprint density at radius 2 is 1.88 bits per heavy atom. The van der Waals surface area contributed by atoms with Crippen molar-refractivity contribution in [2.24, 2.45) is 11.7 Å². The van der Waals surface area contributed by atoms with E-state index in [0.29, 0.717) is 6.54 Å². The third kappa shape index (κ3) is 5.19. The molecule has 0 spiro atoms. The molecule has 0 aliphatic rings. The van der Waals surface area contributed by atoms with Gasteiger partial charge in [-0.25, -0.2) is 4.79 Å². The number of primary amides is 1. The predicted octanol–water partition coefficient (Wildman–Crippen LogP) is -0.434. The van der Waals surface area contributed by atoms with E-state index in [9.17, 15) is 14.4 Å². The van der Waals surface area contributed by atoms with Crippen LogP contribution in [-0.2, 0) is 9.59 Å². The van der Waals surface area contributed by atoms with Gasteiger partial charge in [-0.2, -0.15) is 0 Å². The molecule has 0 aliphatic heterocycles. The van der Waals surface area contributed by atoms with Crippen LogP contribution in [0.25, 0.3) is 0 Å². The van der Waals surface area contributed by atoms with Gasteiger partial charge in [-0.05, 0) is 6.92 Å². The summed E-state index contributed by atoms with van der Waals surface area (Å²) in [5, 5.41) is 8.77. The molecular formula is C10H19N3O4. The van der Waals surface area contributed by atoms with E-state index in [4.69, 9.17) is 10.8 Å². The maximum atomic E-state index is 11.8. The molecule has 0 fully saturated rings. The number of carboxylic acid groups (broad SMARTS) is 1. The zero-order chi connectivity index (χ0) is 13.6. The van der Waals surface area contributed by atoms with Crippen molar-refractivity contribution in [3.8, 4) is 0 Å². The number of carbonyl (C=O) groups is 3. The van der Waals surface area contributed by atoms with Gasteiger partial charge in [0.05, 0.1) is 5.92 Å². The van der Waals surface area contributed by atoms with Gasteiger partial charge in [-0.15, -0.1) is 0 Å². The number of aliphatic carboxylic acids is 1. The maximum Gasteiger partial charge on any atom is 0.320 e. The Morgan fingerprint density at radius 3 is 2.24 bits per heavy atom. The summed E-state index contributed by atoms with van der Waals surface area (Å²) < 4.78 is 0. The van der Waals surface area contributed by atoms with E-state index in [2.05, 4.69) is 0 Å². The van der Waals surface area contributed by atoms with E-state index in [-0.39, 0.29) is 13.1 Å². The summed E-state index contributed by atoms with van der Waals surface area (Å²) >= 11 is 0. The summed E-state index contributed by atoms with van der Waals surface area (Å²) in [7, 11) is 1.45. The summed E-state index contributed by atoms with van der Waals surface area (Å²) in [4.78, 5) is 35.7. The second kappa shape index (κ2) is 6.72. The van der Waals surface area contributed by atoms with Crippen LogP contribution in [0.2, 0.25) is 0 Å². The lowest BCUT2D eigenvalue weighted by Gasteiger charge is -2.27. The molecule has 0 bridgehead atoms. The van der Waals surface area contributed by atoms with Gasteiger partial charge in [0.25, 0.3) is 0 Å². The van der Waals surface area contributed by atoms with E-state index < -0.39 is 23.8 Å². The highest BCUT2D eigenvalue weighted by Gasteiger charge is 2.22. The minimum Gasteiger partial charge on any atom is -0.481 e. The third-order valence-electron chi connectivity index (χ3n) is 2.29. The lowest BCUT2D eigenvalue weighted by atomic mass is 10.2. The number of urea groups is 1. The second-order valence-electron chi connectivity index (χ2n) is 3.88. The van der Waals surface area contributed by atoms with E-state index in [1.54, 1.807) is 6.92 Å². The number of amides is 3. The van der Waals surface area contributed by atoms with Crippen LogP contribution in [0.4, 0.5) is 4.79 Å². The molecule has 0 heterocycles. The summed E-state index contributed by atoms with van der Waals surface area (Å²) in [5.74, 6) is -2.22. The molecular weight excluding hydrogens is 226 g/mol. The minimum atomic E-state index is -0.964. The molecule has 0 aromatic carbocycles. The lowest BCUT2D eigenvalue weighted by Crippen LogP contribution is -2.46. The van der Waals surface area contributed by atoms with Gasteiger partial charge < -0.3 is 20.6 Å². The first kappa shape index (κ1) is 15.2. The third-order valence-corrected chi connectivity index (χ3v) is 2.29. The van der Waals surface area contributed by atoms with Crippen LogP contribution in [0.3, 0.4) is 0 Å². The standard InChI is InChI=1S/C10H19N3O4/c1-4-13(5-7(2)9(15)16)10(17)12(3)6-8(11)14/h7H,4-6H2,1-3H3,(H2,11,14)(H,15,16). The molecule has 98 valence electrons. The minimum absolute atomic E-state index is 0.105. The second-order valence-corrected chi connectivity index (χ2v) is 3.88. The summed E-state index contributed by atoms with van der Waals surface area (Å²) in [5.41, 5.74) is 4.98. The van der Waals surface area contributed by atoms with Crippen molar-refractivity contribution < 1.29 is 19.5 Å². The van der Waals surface area contributed by atoms with Crippen LogP contribution in [0.5, 0.6) is 0 Å². The van der Waals surface area contributed by atoms with Gasteiger partial charge >= 0.3 is 12.0 Å². The fraction of sp³-hybridized carbons (Fsp3) is 0.700. The van der Waals surface area contributed by atoms with E-state index >= 15 is 0 Å². The monoisotopic (exact) mass is 245 g/mol. The van der Waals surface area contributed by atoms with Crippen LogP contribution in [0.1, 0.15) is 13.8 Å². The Balaban J connectivity index is 4.49. The zero-order valence-corrected chi connectivity index (χ0v) is 10.3. The highest BCUT2D eigenvalue weighted by molar-refractivity contribution is 5.83. The molecule has 0 saturated carbocycles. The molecule has 1 atom stereocenters. The number of nitrogens with two attached hydrogens (primary N) is 1. The Labute approximate surface area is 100 Å². The van der Waals surface area contributed by atoms with Crippen LogP contribution >= 0.6 is 0 Å². The average Bonchev–Trinajstić information content (AvgIpc) is 2.23. The van der Waals surface area contributed by atoms with Gasteiger partial charge in [-0.3, -0.25) is 9.59 Å². The summed E-state index contributed by atoms with van der Waals surface area (Å²) in [6, 6.07) is -0.403. The average molecular weight is 245 g/mol. The van der Waals surface area contributed by atoms with Crippen molar-refractivity contribution in [3.05, 3.63) is 0 Å². The molecule has 0 radical (unpaired) electrons. The van der Waals surface area contributed by atoms with Crippen molar-refractivity contribution in [3.63, 3.8) is 0 Å². The number of likely N-dealkylation sites (N-methyl/N-ethyl adjacent to an activating group) is 1. The number of carboxylic acids is 1. The van der Waals surface area contributed by atoms with Crippen molar-refractivity contribution >= 4 is 17.9 Å². The van der Waals surface area contributed by atoms with Gasteiger partial charge in [0, 0.05) is 20.1 Å². The van der Waals surface area contributed by atoms with Crippen molar-refractivity contribution in [1.82, 2.24) is 9.80 Å². The summed E-state index contributed by atoms with van der Waals surface area (Å²) in [6.07, 6.45) is 0. The largest absolute Gasteiger partial charge is 0.481 e. The van der Waals surface area contributed by atoms with Crippen molar-refractivity contribution in [1.29, 1.82) is 0 Å². The first-order valence-corrected chi connectivity index (χ1v) is 5.30. The Kier molecular flexibility index (Phi) is 6.01. The molecule has 17 heavy (non-hydrogen) atoms. The highest BCUT2D eigenvalue weighted by Crippen LogP contribution is 2.03. The fourth-order valence-corrected chi connectivity index (χ4v) is 1.29. The van der Waals surface area contributed by atoms with Gasteiger partial charge in [0.15, 0.2) is 0 Å². The molecule has 0 rings (SSSR count). The van der Waals surface area contributed by atoms with E-state index in [1.165, 1.54) is 23.8 Å². The first-order valence-electron chi connectivity index (χ1n) is 5.30. The van der Waals surface area contributed by atoms with E-state index in [0.717, 1.165) is 0 Å². The molecule has 7 heteroatoms. The smallest absolute Gasteiger partial charge is 0.320 e. The summed E-state index contributed by atoms with van der Waals surface area (Å²) in [6.45, 7) is 3.56. The SMILES string of the molecule is CCN(CC(C)C(=O)O)C(=O)N(C)CC(N)=O. The van der Waals surface area contributed by atoms with Gasteiger partial charge in [0.1, 0.15) is 6.54 Å². The molecule has 0 aromatic rings. The molecule has 7 nitrogen and oxygen atoms in total. The van der Waals surface area contributed by atoms with Gasteiger partial charge in [-0.1, -0.05) is 6.92 Å². The first-order chi connectivity index (χ1) is 7.79. The number of rotatable bonds is 6. The molecule has 0 aromatic heterocycles. The molecule has 3 amide bonds. The molecule has 1 unspecified atom stereocenters. The lowest BCUT2D eigenvalue weighted by molar-refractivity contribution is -0.141. The van der Waals surface area contributed by atoms with Crippen LogP contribution in [0, 0.1) is 5.92 Å².